The van der Waals surface area contributed by atoms with Gasteiger partial charge in [0.15, 0.2) is 5.16 Å². The molecule has 0 bridgehead atoms. The lowest BCUT2D eigenvalue weighted by molar-refractivity contribution is -0.119. The van der Waals surface area contributed by atoms with Crippen LogP contribution in [0.3, 0.4) is 0 Å². The van der Waals surface area contributed by atoms with Crippen LogP contribution in [0.15, 0.2) is 29.4 Å². The van der Waals surface area contributed by atoms with Gasteiger partial charge in [-0.25, -0.2) is 9.97 Å². The van der Waals surface area contributed by atoms with Crippen LogP contribution in [0.1, 0.15) is 64.2 Å². The van der Waals surface area contributed by atoms with Crippen LogP contribution in [-0.2, 0) is 4.79 Å². The zero-order valence-electron chi connectivity index (χ0n) is 16.5. The minimum absolute atomic E-state index is 0.0930. The number of amides is 1. The highest BCUT2D eigenvalue weighted by Crippen LogP contribution is 2.28. The molecule has 0 radical (unpaired) electrons. The summed E-state index contributed by atoms with van der Waals surface area (Å²) >= 11 is 1.43. The van der Waals surface area contributed by atoms with Crippen molar-refractivity contribution in [3.05, 3.63) is 24.3 Å². The molecule has 2 aliphatic carbocycles. The van der Waals surface area contributed by atoms with E-state index in [-0.39, 0.29) is 5.91 Å². The molecule has 6 heteroatoms. The van der Waals surface area contributed by atoms with Crippen molar-refractivity contribution in [3.63, 3.8) is 0 Å². The summed E-state index contributed by atoms with van der Waals surface area (Å²) in [6, 6.07) is 8.97. The van der Waals surface area contributed by atoms with Crippen LogP contribution in [0.4, 0.5) is 5.82 Å². The number of nitrogens with zero attached hydrogens (tertiary/aromatic N) is 2. The molecule has 0 atom stereocenters. The smallest absolute Gasteiger partial charge is 0.230 e. The summed E-state index contributed by atoms with van der Waals surface area (Å²) in [5.74, 6) is 1.38. The van der Waals surface area contributed by atoms with Crippen LogP contribution < -0.4 is 10.6 Å². The second kappa shape index (κ2) is 9.59. The fourth-order valence-corrected chi connectivity index (χ4v) is 4.98. The average molecular weight is 399 g/mol. The van der Waals surface area contributed by atoms with Crippen molar-refractivity contribution in [2.75, 3.05) is 11.1 Å². The second-order valence-corrected chi connectivity index (χ2v) is 8.98. The second-order valence-electron chi connectivity index (χ2n) is 8.04. The summed E-state index contributed by atoms with van der Waals surface area (Å²) in [4.78, 5) is 21.8. The number of carbonyl (C=O) groups excluding carboxylic acids is 1. The van der Waals surface area contributed by atoms with Gasteiger partial charge in [0.05, 0.1) is 11.3 Å². The van der Waals surface area contributed by atoms with Crippen LogP contribution in [-0.4, -0.2) is 33.7 Å². The molecule has 2 aromatic rings. The third-order valence-electron chi connectivity index (χ3n) is 5.83. The highest BCUT2D eigenvalue weighted by Gasteiger charge is 2.18. The van der Waals surface area contributed by atoms with Gasteiger partial charge in [-0.2, -0.15) is 0 Å². The fourth-order valence-electron chi connectivity index (χ4n) is 4.32. The highest BCUT2D eigenvalue weighted by molar-refractivity contribution is 7.99. The standard InChI is InChI=1S/C22H30N4OS/c27-20(23-16-9-3-1-4-10-16)15-28-22-25-19-14-8-7-13-18(19)21(26-22)24-17-11-5-2-6-12-17/h7-8,13-14,16-17H,1-6,9-12,15H2,(H,23,27)(H,24,25,26). The maximum atomic E-state index is 12.3. The van der Waals surface area contributed by atoms with Crippen molar-refractivity contribution in [2.45, 2.75) is 81.4 Å². The SMILES string of the molecule is O=C(CSc1nc(NC2CCCCC2)c2ccccc2n1)NC1CCCCC1. The Morgan fingerprint density at radius 2 is 1.61 bits per heavy atom. The first-order chi connectivity index (χ1) is 13.8. The average Bonchev–Trinajstić information content (AvgIpc) is 2.74. The predicted octanol–water partition coefficient (Wildman–Crippen LogP) is 4.92. The van der Waals surface area contributed by atoms with E-state index in [9.17, 15) is 4.79 Å². The molecule has 4 rings (SSSR count). The van der Waals surface area contributed by atoms with Gasteiger partial charge in [0.1, 0.15) is 5.82 Å². The zero-order chi connectivity index (χ0) is 19.2. The van der Waals surface area contributed by atoms with Gasteiger partial charge in [-0.3, -0.25) is 4.79 Å². The van der Waals surface area contributed by atoms with E-state index in [0.29, 0.717) is 23.0 Å². The number of nitrogens with one attached hydrogen (secondary N) is 2. The largest absolute Gasteiger partial charge is 0.367 e. The number of carbonyl (C=O) groups is 1. The van der Waals surface area contributed by atoms with Crippen LogP contribution in [0.5, 0.6) is 0 Å². The van der Waals surface area contributed by atoms with E-state index >= 15 is 0 Å². The predicted molar refractivity (Wildman–Crippen MR) is 116 cm³/mol. The molecule has 0 unspecified atom stereocenters. The fraction of sp³-hybridized carbons (Fsp3) is 0.591. The van der Waals surface area contributed by atoms with Crippen LogP contribution in [0.2, 0.25) is 0 Å². The molecular formula is C22H30N4OS. The molecule has 150 valence electrons. The molecule has 1 heterocycles. The van der Waals surface area contributed by atoms with Gasteiger partial charge in [-0.15, -0.1) is 0 Å². The maximum Gasteiger partial charge on any atom is 0.230 e. The molecule has 1 amide bonds. The van der Waals surface area contributed by atoms with Crippen LogP contribution in [0.25, 0.3) is 10.9 Å². The van der Waals surface area contributed by atoms with Gasteiger partial charge in [-0.1, -0.05) is 62.4 Å². The number of hydrogen-bond acceptors (Lipinski definition) is 5. The van der Waals surface area contributed by atoms with Crippen molar-refractivity contribution in [2.24, 2.45) is 0 Å². The van der Waals surface area contributed by atoms with E-state index in [2.05, 4.69) is 21.7 Å². The number of aromatic nitrogens is 2. The minimum atomic E-state index is 0.0930. The monoisotopic (exact) mass is 398 g/mol. The van der Waals surface area contributed by atoms with Crippen molar-refractivity contribution >= 4 is 34.4 Å². The normalized spacial score (nSPS) is 18.9. The molecule has 2 saturated carbocycles. The molecule has 2 N–H and O–H groups in total. The molecule has 1 aromatic heterocycles. The summed E-state index contributed by atoms with van der Waals surface area (Å²) < 4.78 is 0. The Bertz CT molecular complexity index is 800. The lowest BCUT2D eigenvalue weighted by Gasteiger charge is -2.24. The third-order valence-corrected chi connectivity index (χ3v) is 6.68. The van der Waals surface area contributed by atoms with E-state index in [4.69, 9.17) is 4.98 Å². The molecule has 1 aromatic carbocycles. The number of fused-ring (bicyclic) bond motifs is 1. The molecule has 0 aliphatic heterocycles. The van der Waals surface area contributed by atoms with Gasteiger partial charge >= 0.3 is 0 Å². The first kappa shape index (κ1) is 19.5. The highest BCUT2D eigenvalue weighted by atomic mass is 32.2. The van der Waals surface area contributed by atoms with E-state index in [1.165, 1.54) is 63.1 Å². The Morgan fingerprint density at radius 1 is 0.929 bits per heavy atom. The number of hydrogen-bond donors (Lipinski definition) is 2. The van der Waals surface area contributed by atoms with E-state index in [1.54, 1.807) is 0 Å². The molecule has 2 aliphatic rings. The lowest BCUT2D eigenvalue weighted by Crippen LogP contribution is -2.37. The summed E-state index contributed by atoms with van der Waals surface area (Å²) in [6.07, 6.45) is 12.3. The van der Waals surface area contributed by atoms with Crippen LogP contribution >= 0.6 is 11.8 Å². The first-order valence-electron chi connectivity index (χ1n) is 10.7. The number of benzene rings is 1. The summed E-state index contributed by atoms with van der Waals surface area (Å²) in [5, 5.41) is 8.56. The zero-order valence-corrected chi connectivity index (χ0v) is 17.3. The summed E-state index contributed by atoms with van der Waals surface area (Å²) in [5.41, 5.74) is 0.936. The molecular weight excluding hydrogens is 368 g/mol. The van der Waals surface area contributed by atoms with E-state index < -0.39 is 0 Å². The minimum Gasteiger partial charge on any atom is -0.367 e. The van der Waals surface area contributed by atoms with E-state index in [1.807, 2.05) is 18.2 Å². The number of para-hydroxylation sites is 1. The van der Waals surface area contributed by atoms with E-state index in [0.717, 1.165) is 29.6 Å². The molecule has 0 saturated heterocycles. The summed E-state index contributed by atoms with van der Waals surface area (Å²) in [7, 11) is 0. The summed E-state index contributed by atoms with van der Waals surface area (Å²) in [6.45, 7) is 0. The topological polar surface area (TPSA) is 66.9 Å². The van der Waals surface area contributed by atoms with Crippen molar-refractivity contribution < 1.29 is 4.79 Å². The van der Waals surface area contributed by atoms with Gasteiger partial charge in [0, 0.05) is 17.5 Å². The van der Waals surface area contributed by atoms with Crippen molar-refractivity contribution in [1.82, 2.24) is 15.3 Å². The molecule has 28 heavy (non-hydrogen) atoms. The van der Waals surface area contributed by atoms with Crippen molar-refractivity contribution in [3.8, 4) is 0 Å². The van der Waals surface area contributed by atoms with Gasteiger partial charge in [0.25, 0.3) is 0 Å². The number of rotatable bonds is 6. The Labute approximate surface area is 171 Å². The van der Waals surface area contributed by atoms with Gasteiger partial charge in [-0.05, 0) is 37.8 Å². The third kappa shape index (κ3) is 5.16. The quantitative estimate of drug-likeness (QED) is 0.534. The maximum absolute atomic E-state index is 12.3. The Kier molecular flexibility index (Phi) is 6.68. The van der Waals surface area contributed by atoms with Gasteiger partial charge in [0.2, 0.25) is 5.91 Å². The Hall–Kier alpha value is -1.82. The molecule has 0 spiro atoms. The number of thioether (sulfide) groups is 1. The Balaban J connectivity index is 1.43. The Morgan fingerprint density at radius 3 is 2.36 bits per heavy atom. The molecule has 2 fully saturated rings. The van der Waals surface area contributed by atoms with Crippen molar-refractivity contribution in [1.29, 1.82) is 0 Å². The van der Waals surface area contributed by atoms with Crippen LogP contribution in [0, 0.1) is 0 Å². The lowest BCUT2D eigenvalue weighted by atomic mass is 9.95. The molecule has 5 nitrogen and oxygen atoms in total. The number of anilines is 1. The first-order valence-corrected chi connectivity index (χ1v) is 11.7. The van der Waals surface area contributed by atoms with Gasteiger partial charge < -0.3 is 10.6 Å².